The molecule has 0 bridgehead atoms. The Morgan fingerprint density at radius 2 is 1.55 bits per heavy atom. The quantitative estimate of drug-likeness (QED) is 0.637. The lowest BCUT2D eigenvalue weighted by Crippen LogP contribution is -2.26. The van der Waals surface area contributed by atoms with Crippen molar-refractivity contribution >= 4 is 17.5 Å². The van der Waals surface area contributed by atoms with Crippen LogP contribution in [0.4, 0.5) is 5.69 Å². The molecule has 0 saturated heterocycles. The number of rotatable bonds is 7. The number of hydrogen-bond donors (Lipinski definition) is 2. The first-order valence-corrected chi connectivity index (χ1v) is 9.45. The smallest absolute Gasteiger partial charge is 0.255 e. The van der Waals surface area contributed by atoms with Crippen molar-refractivity contribution in [2.24, 2.45) is 0 Å². The fourth-order valence-electron chi connectivity index (χ4n) is 2.92. The van der Waals surface area contributed by atoms with Gasteiger partial charge in [0, 0.05) is 23.4 Å². The van der Waals surface area contributed by atoms with Crippen molar-refractivity contribution in [2.45, 2.75) is 13.3 Å². The van der Waals surface area contributed by atoms with E-state index in [-0.39, 0.29) is 11.8 Å². The van der Waals surface area contributed by atoms with Gasteiger partial charge in [0.15, 0.2) is 0 Å². The minimum absolute atomic E-state index is 0.205. The van der Waals surface area contributed by atoms with Crippen molar-refractivity contribution in [1.82, 2.24) is 5.32 Å². The van der Waals surface area contributed by atoms with Crippen molar-refractivity contribution < 1.29 is 14.3 Å². The highest BCUT2D eigenvalue weighted by molar-refractivity contribution is 6.06. The molecule has 3 rings (SSSR count). The monoisotopic (exact) mass is 388 g/mol. The highest BCUT2D eigenvalue weighted by atomic mass is 16.5. The van der Waals surface area contributed by atoms with Gasteiger partial charge in [0.2, 0.25) is 0 Å². The Bertz CT molecular complexity index is 997. The largest absolute Gasteiger partial charge is 0.497 e. The number of anilines is 1. The van der Waals surface area contributed by atoms with Crippen LogP contribution in [0.5, 0.6) is 5.75 Å². The summed E-state index contributed by atoms with van der Waals surface area (Å²) in [6.45, 7) is 2.44. The zero-order valence-corrected chi connectivity index (χ0v) is 16.6. The summed E-state index contributed by atoms with van der Waals surface area (Å²) in [5.41, 5.74) is 3.74. The summed E-state index contributed by atoms with van der Waals surface area (Å²) in [6, 6.07) is 22.0. The number of carbonyl (C=O) groups excluding carboxylic acids is 2. The van der Waals surface area contributed by atoms with E-state index in [9.17, 15) is 9.59 Å². The number of benzene rings is 3. The van der Waals surface area contributed by atoms with E-state index in [4.69, 9.17) is 4.74 Å². The summed E-state index contributed by atoms with van der Waals surface area (Å²) < 4.78 is 5.14. The maximum absolute atomic E-state index is 12.5. The molecule has 5 heteroatoms. The molecule has 5 nitrogen and oxygen atoms in total. The average molecular weight is 388 g/mol. The molecular formula is C24H24N2O3. The molecule has 0 aliphatic carbocycles. The number of amides is 2. The predicted octanol–water partition coefficient (Wildman–Crippen LogP) is 4.23. The van der Waals surface area contributed by atoms with E-state index >= 15 is 0 Å². The normalized spacial score (nSPS) is 10.3. The van der Waals surface area contributed by atoms with Crippen LogP contribution in [0.3, 0.4) is 0 Å². The molecule has 3 aromatic rings. The molecule has 0 aliphatic heterocycles. The Balaban J connectivity index is 1.58. The summed E-state index contributed by atoms with van der Waals surface area (Å²) in [7, 11) is 1.63. The van der Waals surface area contributed by atoms with Crippen LogP contribution < -0.4 is 15.4 Å². The molecule has 2 amide bonds. The second kappa shape index (κ2) is 9.55. The van der Waals surface area contributed by atoms with Crippen LogP contribution >= 0.6 is 0 Å². The zero-order chi connectivity index (χ0) is 20.6. The van der Waals surface area contributed by atoms with Gasteiger partial charge in [-0.05, 0) is 60.9 Å². The van der Waals surface area contributed by atoms with Crippen LogP contribution in [0.2, 0.25) is 0 Å². The van der Waals surface area contributed by atoms with Crippen molar-refractivity contribution in [2.75, 3.05) is 19.0 Å². The Labute approximate surface area is 170 Å². The highest BCUT2D eigenvalue weighted by Crippen LogP contribution is 2.15. The first-order chi connectivity index (χ1) is 14.1. The third kappa shape index (κ3) is 5.45. The Hall–Kier alpha value is -3.60. The van der Waals surface area contributed by atoms with Gasteiger partial charge in [-0.3, -0.25) is 9.59 Å². The summed E-state index contributed by atoms with van der Waals surface area (Å²) in [6.07, 6.45) is 0.712. The van der Waals surface area contributed by atoms with E-state index < -0.39 is 0 Å². The molecule has 0 heterocycles. The summed E-state index contributed by atoms with van der Waals surface area (Å²) >= 11 is 0. The van der Waals surface area contributed by atoms with Gasteiger partial charge in [-0.2, -0.15) is 0 Å². The van der Waals surface area contributed by atoms with Gasteiger partial charge in [0.05, 0.1) is 7.11 Å². The molecule has 3 aromatic carbocycles. The topological polar surface area (TPSA) is 67.4 Å². The van der Waals surface area contributed by atoms with Gasteiger partial charge >= 0.3 is 0 Å². The van der Waals surface area contributed by atoms with E-state index in [2.05, 4.69) is 10.6 Å². The van der Waals surface area contributed by atoms with Gasteiger partial charge < -0.3 is 15.4 Å². The van der Waals surface area contributed by atoms with Crippen LogP contribution in [0.15, 0.2) is 72.8 Å². The van der Waals surface area contributed by atoms with Gasteiger partial charge in [-0.1, -0.05) is 36.4 Å². The number of ether oxygens (including phenoxy) is 1. The van der Waals surface area contributed by atoms with Crippen molar-refractivity contribution in [3.05, 3.63) is 95.1 Å². The minimum Gasteiger partial charge on any atom is -0.497 e. The van der Waals surface area contributed by atoms with Crippen LogP contribution in [0.1, 0.15) is 31.8 Å². The van der Waals surface area contributed by atoms with E-state index in [0.717, 1.165) is 22.6 Å². The molecule has 148 valence electrons. The Kier molecular flexibility index (Phi) is 6.63. The van der Waals surface area contributed by atoms with E-state index in [0.29, 0.717) is 24.1 Å². The van der Waals surface area contributed by atoms with E-state index in [1.807, 2.05) is 55.5 Å². The Morgan fingerprint density at radius 1 is 0.862 bits per heavy atom. The SMILES string of the molecule is COc1ccc(CCNC(=O)c2cccc(C(=O)Nc3ccccc3C)c2)cc1. The third-order valence-corrected chi connectivity index (χ3v) is 4.64. The lowest BCUT2D eigenvalue weighted by molar-refractivity contribution is 0.0954. The summed E-state index contributed by atoms with van der Waals surface area (Å²) in [5, 5.41) is 5.78. The minimum atomic E-state index is -0.243. The van der Waals surface area contributed by atoms with Crippen molar-refractivity contribution in [3.63, 3.8) is 0 Å². The first kappa shape index (κ1) is 20.1. The molecule has 0 aromatic heterocycles. The molecule has 0 saturated carbocycles. The zero-order valence-electron chi connectivity index (χ0n) is 16.6. The van der Waals surface area contributed by atoms with Crippen molar-refractivity contribution in [3.8, 4) is 5.75 Å². The van der Waals surface area contributed by atoms with Gasteiger partial charge in [-0.15, -0.1) is 0 Å². The third-order valence-electron chi connectivity index (χ3n) is 4.64. The number of para-hydroxylation sites is 1. The fourth-order valence-corrected chi connectivity index (χ4v) is 2.92. The molecule has 0 fully saturated rings. The number of nitrogens with one attached hydrogen (secondary N) is 2. The van der Waals surface area contributed by atoms with Crippen LogP contribution in [0.25, 0.3) is 0 Å². The molecular weight excluding hydrogens is 364 g/mol. The molecule has 0 atom stereocenters. The predicted molar refractivity (Wildman–Crippen MR) is 115 cm³/mol. The molecule has 2 N–H and O–H groups in total. The second-order valence-electron chi connectivity index (χ2n) is 6.70. The molecule has 0 radical (unpaired) electrons. The van der Waals surface area contributed by atoms with E-state index in [1.165, 1.54) is 0 Å². The maximum Gasteiger partial charge on any atom is 0.255 e. The average Bonchev–Trinajstić information content (AvgIpc) is 2.76. The standard InChI is InChI=1S/C24H24N2O3/c1-17-6-3-4-9-22(17)26-24(28)20-8-5-7-19(16-20)23(27)25-15-14-18-10-12-21(29-2)13-11-18/h3-13,16H,14-15H2,1-2H3,(H,25,27)(H,26,28). The van der Waals surface area contributed by atoms with Crippen LogP contribution in [-0.2, 0) is 6.42 Å². The number of carbonyl (C=O) groups is 2. The summed E-state index contributed by atoms with van der Waals surface area (Å²) in [5.74, 6) is 0.356. The number of methoxy groups -OCH3 is 1. The number of hydrogen-bond acceptors (Lipinski definition) is 3. The lowest BCUT2D eigenvalue weighted by atomic mass is 10.1. The van der Waals surface area contributed by atoms with Gasteiger partial charge in [-0.25, -0.2) is 0 Å². The van der Waals surface area contributed by atoms with Gasteiger partial charge in [0.25, 0.3) is 11.8 Å². The molecule has 29 heavy (non-hydrogen) atoms. The van der Waals surface area contributed by atoms with Crippen LogP contribution in [0, 0.1) is 6.92 Å². The summed E-state index contributed by atoms with van der Waals surface area (Å²) in [4.78, 5) is 25.0. The Morgan fingerprint density at radius 3 is 2.24 bits per heavy atom. The van der Waals surface area contributed by atoms with Gasteiger partial charge in [0.1, 0.15) is 5.75 Å². The maximum atomic E-state index is 12.5. The highest BCUT2D eigenvalue weighted by Gasteiger charge is 2.11. The lowest BCUT2D eigenvalue weighted by Gasteiger charge is -2.10. The molecule has 0 unspecified atom stereocenters. The van der Waals surface area contributed by atoms with Crippen LogP contribution in [-0.4, -0.2) is 25.5 Å². The molecule has 0 spiro atoms. The molecule has 0 aliphatic rings. The van der Waals surface area contributed by atoms with Crippen molar-refractivity contribution in [1.29, 1.82) is 0 Å². The van der Waals surface area contributed by atoms with E-state index in [1.54, 1.807) is 31.4 Å². The number of aryl methyl sites for hydroxylation is 1. The fraction of sp³-hybridized carbons (Fsp3) is 0.167. The second-order valence-corrected chi connectivity index (χ2v) is 6.70. The first-order valence-electron chi connectivity index (χ1n) is 9.45.